The van der Waals surface area contributed by atoms with E-state index in [4.69, 9.17) is 10.00 Å². The summed E-state index contributed by atoms with van der Waals surface area (Å²) < 4.78 is 5.47. The third kappa shape index (κ3) is 4.29. The molecule has 0 heterocycles. The normalized spacial score (nSPS) is 13.0. The van der Waals surface area contributed by atoms with E-state index in [0.717, 1.165) is 22.3 Å². The number of alkyl carbamates (subject to hydrolysis) is 1. The minimum atomic E-state index is -0.751. The number of thioether (sulfide) groups is 1. The summed E-state index contributed by atoms with van der Waals surface area (Å²) in [5.74, 6) is -0.0458. The summed E-state index contributed by atoms with van der Waals surface area (Å²) in [7, 11) is 0. The van der Waals surface area contributed by atoms with E-state index in [1.165, 1.54) is 11.8 Å². The van der Waals surface area contributed by atoms with E-state index in [0.29, 0.717) is 5.75 Å². The molecular weight excluding hydrogens is 374 g/mol. The second-order valence-corrected chi connectivity index (χ2v) is 7.26. The first kappa shape index (κ1) is 19.8. The molecule has 0 aromatic heterocycles. The molecule has 1 aliphatic carbocycles. The van der Waals surface area contributed by atoms with Gasteiger partial charge in [-0.3, -0.25) is 4.79 Å². The Labute approximate surface area is 168 Å². The van der Waals surface area contributed by atoms with Gasteiger partial charge in [0.1, 0.15) is 19.2 Å². The summed E-state index contributed by atoms with van der Waals surface area (Å²) in [5.41, 5.74) is 4.57. The van der Waals surface area contributed by atoms with Gasteiger partial charge in [-0.1, -0.05) is 48.5 Å². The lowest BCUT2D eigenvalue weighted by atomic mass is 9.98. The second kappa shape index (κ2) is 9.29. The van der Waals surface area contributed by atoms with E-state index in [2.05, 4.69) is 22.8 Å². The van der Waals surface area contributed by atoms with Crippen LogP contribution in [0.15, 0.2) is 48.5 Å². The first-order chi connectivity index (χ1) is 13.7. The van der Waals surface area contributed by atoms with Crippen LogP contribution in [-0.2, 0) is 9.53 Å². The van der Waals surface area contributed by atoms with E-state index in [1.807, 2.05) is 48.7 Å². The smallest absolute Gasteiger partial charge is 0.407 e. The lowest BCUT2D eigenvalue weighted by molar-refractivity contribution is -0.122. The number of nitrogens with one attached hydrogen (secondary N) is 2. The summed E-state index contributed by atoms with van der Waals surface area (Å²) >= 11 is 1.42. The Morgan fingerprint density at radius 2 is 1.75 bits per heavy atom. The van der Waals surface area contributed by atoms with Crippen LogP contribution in [-0.4, -0.2) is 43.2 Å². The summed E-state index contributed by atoms with van der Waals surface area (Å²) in [5, 5.41) is 13.6. The van der Waals surface area contributed by atoms with E-state index in [9.17, 15) is 9.59 Å². The van der Waals surface area contributed by atoms with Gasteiger partial charge in [-0.05, 0) is 28.5 Å². The number of carbonyl (C=O) groups excluding carboxylic acids is 2. The van der Waals surface area contributed by atoms with Crippen LogP contribution in [0.2, 0.25) is 0 Å². The van der Waals surface area contributed by atoms with Crippen LogP contribution in [0.25, 0.3) is 11.1 Å². The summed E-state index contributed by atoms with van der Waals surface area (Å²) in [6.45, 7) is 0.0851. The number of carbonyl (C=O) groups is 2. The lowest BCUT2D eigenvalue weighted by Crippen LogP contribution is -2.48. The van der Waals surface area contributed by atoms with E-state index < -0.39 is 18.0 Å². The molecule has 1 unspecified atom stereocenters. The largest absolute Gasteiger partial charge is 0.449 e. The highest BCUT2D eigenvalue weighted by atomic mass is 32.2. The summed E-state index contributed by atoms with van der Waals surface area (Å²) in [6.07, 6.45) is 1.19. The fourth-order valence-electron chi connectivity index (χ4n) is 3.38. The highest BCUT2D eigenvalue weighted by Gasteiger charge is 2.29. The molecule has 3 rings (SSSR count). The molecule has 0 spiro atoms. The number of ether oxygens (including phenoxy) is 1. The number of nitriles is 1. The molecule has 2 N–H and O–H groups in total. The van der Waals surface area contributed by atoms with Crippen LogP contribution in [0.5, 0.6) is 0 Å². The molecule has 2 aromatic rings. The molecule has 1 aliphatic rings. The van der Waals surface area contributed by atoms with Crippen LogP contribution >= 0.6 is 11.8 Å². The van der Waals surface area contributed by atoms with Gasteiger partial charge in [0.2, 0.25) is 5.91 Å². The lowest BCUT2D eigenvalue weighted by Gasteiger charge is -2.18. The average molecular weight is 395 g/mol. The Morgan fingerprint density at radius 3 is 2.32 bits per heavy atom. The van der Waals surface area contributed by atoms with Crippen molar-refractivity contribution >= 4 is 23.8 Å². The number of hydrogen-bond donors (Lipinski definition) is 2. The number of benzene rings is 2. The van der Waals surface area contributed by atoms with Crippen LogP contribution in [0, 0.1) is 11.3 Å². The second-order valence-electron chi connectivity index (χ2n) is 6.35. The first-order valence-electron chi connectivity index (χ1n) is 8.90. The molecule has 2 amide bonds. The zero-order chi connectivity index (χ0) is 19.9. The topological polar surface area (TPSA) is 91.2 Å². The highest BCUT2D eigenvalue weighted by Crippen LogP contribution is 2.44. The zero-order valence-corrected chi connectivity index (χ0v) is 16.3. The van der Waals surface area contributed by atoms with Crippen molar-refractivity contribution in [2.75, 3.05) is 25.2 Å². The number of amides is 2. The molecule has 0 saturated carbocycles. The fraction of sp³-hybridized carbons (Fsp3) is 0.286. The molecule has 1 atom stereocenters. The quantitative estimate of drug-likeness (QED) is 0.704. The number of hydrogen-bond acceptors (Lipinski definition) is 5. The van der Waals surface area contributed by atoms with Crippen LogP contribution in [0.4, 0.5) is 4.79 Å². The van der Waals surface area contributed by atoms with Crippen LogP contribution < -0.4 is 10.6 Å². The first-order valence-corrected chi connectivity index (χ1v) is 10.3. The monoisotopic (exact) mass is 395 g/mol. The van der Waals surface area contributed by atoms with Gasteiger partial charge in [0.15, 0.2) is 0 Å². The molecule has 6 nitrogen and oxygen atoms in total. The molecule has 28 heavy (non-hydrogen) atoms. The van der Waals surface area contributed by atoms with Crippen LogP contribution in [0.3, 0.4) is 0 Å². The summed E-state index contributed by atoms with van der Waals surface area (Å²) in [6, 6.07) is 17.3. The van der Waals surface area contributed by atoms with Crippen molar-refractivity contribution in [3.63, 3.8) is 0 Å². The van der Waals surface area contributed by atoms with E-state index in [1.54, 1.807) is 0 Å². The Bertz CT molecular complexity index is 864. The molecule has 7 heteroatoms. The SMILES string of the molecule is CSCC(NC(=O)OCC1c2ccccc2-c2ccccc21)C(=O)NCC#N. The standard InChI is InChI=1S/C21H21N3O3S/c1-28-13-19(20(25)23-11-10-22)24-21(26)27-12-18-16-8-4-2-6-14(16)15-7-3-5-9-17(15)18/h2-9,18-19H,11-13H2,1H3,(H,23,25)(H,24,26). The Kier molecular flexibility index (Phi) is 6.56. The highest BCUT2D eigenvalue weighted by molar-refractivity contribution is 7.98. The molecular formula is C21H21N3O3S. The third-order valence-electron chi connectivity index (χ3n) is 4.63. The van der Waals surface area contributed by atoms with Crippen molar-refractivity contribution in [3.8, 4) is 17.2 Å². The zero-order valence-electron chi connectivity index (χ0n) is 15.5. The molecule has 2 aromatic carbocycles. The molecule has 0 radical (unpaired) electrons. The van der Waals surface area contributed by atoms with E-state index in [-0.39, 0.29) is 19.1 Å². The number of nitrogens with zero attached hydrogens (tertiary/aromatic N) is 1. The van der Waals surface area contributed by atoms with Gasteiger partial charge >= 0.3 is 6.09 Å². The molecule has 0 aliphatic heterocycles. The molecule has 0 fully saturated rings. The van der Waals surface area contributed by atoms with Gasteiger partial charge in [0, 0.05) is 11.7 Å². The van der Waals surface area contributed by atoms with Gasteiger partial charge in [-0.2, -0.15) is 17.0 Å². The average Bonchev–Trinajstić information content (AvgIpc) is 3.04. The Hall–Kier alpha value is -2.98. The maximum Gasteiger partial charge on any atom is 0.407 e. The van der Waals surface area contributed by atoms with Gasteiger partial charge < -0.3 is 15.4 Å². The Balaban J connectivity index is 1.66. The summed E-state index contributed by atoms with van der Waals surface area (Å²) in [4.78, 5) is 24.4. The van der Waals surface area contributed by atoms with Crippen molar-refractivity contribution in [1.29, 1.82) is 5.26 Å². The van der Waals surface area contributed by atoms with Crippen molar-refractivity contribution < 1.29 is 14.3 Å². The van der Waals surface area contributed by atoms with Crippen LogP contribution in [0.1, 0.15) is 17.0 Å². The number of fused-ring (bicyclic) bond motifs is 3. The van der Waals surface area contributed by atoms with Crippen molar-refractivity contribution in [2.45, 2.75) is 12.0 Å². The predicted molar refractivity (Wildman–Crippen MR) is 109 cm³/mol. The van der Waals surface area contributed by atoms with Gasteiger partial charge in [-0.25, -0.2) is 4.79 Å². The maximum absolute atomic E-state index is 12.3. The molecule has 0 saturated heterocycles. The van der Waals surface area contributed by atoms with Crippen molar-refractivity contribution in [2.24, 2.45) is 0 Å². The van der Waals surface area contributed by atoms with Crippen molar-refractivity contribution in [3.05, 3.63) is 59.7 Å². The van der Waals surface area contributed by atoms with Gasteiger partial charge in [0.25, 0.3) is 0 Å². The van der Waals surface area contributed by atoms with E-state index >= 15 is 0 Å². The maximum atomic E-state index is 12.3. The van der Waals surface area contributed by atoms with Gasteiger partial charge in [-0.15, -0.1) is 0 Å². The minimum absolute atomic E-state index is 0.0374. The van der Waals surface area contributed by atoms with Gasteiger partial charge in [0.05, 0.1) is 6.07 Å². The Morgan fingerprint density at radius 1 is 1.14 bits per heavy atom. The molecule has 0 bridgehead atoms. The molecule has 144 valence electrons. The fourth-order valence-corrected chi connectivity index (χ4v) is 3.95. The minimum Gasteiger partial charge on any atom is -0.449 e. The predicted octanol–water partition coefficient (Wildman–Crippen LogP) is 2.90. The number of rotatable bonds is 7. The van der Waals surface area contributed by atoms with Crippen molar-refractivity contribution in [1.82, 2.24) is 10.6 Å². The third-order valence-corrected chi connectivity index (χ3v) is 5.29.